The van der Waals surface area contributed by atoms with E-state index in [4.69, 9.17) is 4.98 Å². The van der Waals surface area contributed by atoms with Crippen molar-refractivity contribution in [3.63, 3.8) is 0 Å². The van der Waals surface area contributed by atoms with Gasteiger partial charge in [-0.2, -0.15) is 5.10 Å². The zero-order valence-corrected chi connectivity index (χ0v) is 14.9. The van der Waals surface area contributed by atoms with Crippen LogP contribution in [-0.4, -0.2) is 43.6 Å². The van der Waals surface area contributed by atoms with Gasteiger partial charge in [0.1, 0.15) is 0 Å². The smallest absolute Gasteiger partial charge is 0.219 e. The molecule has 1 fully saturated rings. The molecule has 0 bridgehead atoms. The van der Waals surface area contributed by atoms with E-state index in [2.05, 4.69) is 17.0 Å². The van der Waals surface area contributed by atoms with Crippen molar-refractivity contribution in [2.24, 2.45) is 13.0 Å². The quantitative estimate of drug-likeness (QED) is 0.868. The maximum Gasteiger partial charge on any atom is 0.219 e. The lowest BCUT2D eigenvalue weighted by molar-refractivity contribution is -0.130. The summed E-state index contributed by atoms with van der Waals surface area (Å²) >= 11 is 0. The second kappa shape index (κ2) is 6.71. The summed E-state index contributed by atoms with van der Waals surface area (Å²) in [5.74, 6) is 0.629. The van der Waals surface area contributed by atoms with Crippen molar-refractivity contribution in [3.8, 4) is 11.3 Å². The molecule has 1 aliphatic heterocycles. The van der Waals surface area contributed by atoms with Gasteiger partial charge in [0.2, 0.25) is 5.91 Å². The monoisotopic (exact) mass is 327 g/mol. The summed E-state index contributed by atoms with van der Waals surface area (Å²) in [4.78, 5) is 22.8. The van der Waals surface area contributed by atoms with Crippen LogP contribution in [0.3, 0.4) is 0 Å². The molecule has 6 heteroatoms. The molecule has 1 atom stereocenters. The Balaban J connectivity index is 1.80. The molecule has 0 radical (unpaired) electrons. The lowest BCUT2D eigenvalue weighted by atomic mass is 9.93. The molecule has 0 aliphatic carbocycles. The molecular formula is C18H25N5O. The minimum absolute atomic E-state index is 0.168. The Hall–Kier alpha value is -2.24. The highest BCUT2D eigenvalue weighted by Gasteiger charge is 2.22. The normalized spacial score (nSPS) is 18.0. The third-order valence-electron chi connectivity index (χ3n) is 4.91. The van der Waals surface area contributed by atoms with Crippen LogP contribution < -0.4 is 0 Å². The van der Waals surface area contributed by atoms with Gasteiger partial charge in [0.05, 0.1) is 23.3 Å². The first-order valence-electron chi connectivity index (χ1n) is 8.52. The molecule has 1 saturated heterocycles. The molecule has 6 nitrogen and oxygen atoms in total. The summed E-state index contributed by atoms with van der Waals surface area (Å²) in [6.07, 6.45) is 6.72. The molecule has 3 rings (SSSR count). The van der Waals surface area contributed by atoms with Crippen molar-refractivity contribution < 1.29 is 4.79 Å². The zero-order chi connectivity index (χ0) is 17.3. The van der Waals surface area contributed by atoms with Gasteiger partial charge in [0.25, 0.3) is 0 Å². The minimum Gasteiger partial charge on any atom is -0.343 e. The molecule has 0 N–H and O–H groups in total. The summed E-state index contributed by atoms with van der Waals surface area (Å²) in [6.45, 7) is 7.41. The van der Waals surface area contributed by atoms with Crippen molar-refractivity contribution >= 4 is 5.91 Å². The van der Waals surface area contributed by atoms with Gasteiger partial charge in [-0.3, -0.25) is 14.5 Å². The Kier molecular flexibility index (Phi) is 4.64. The van der Waals surface area contributed by atoms with Gasteiger partial charge in [0, 0.05) is 44.5 Å². The molecule has 0 aromatic carbocycles. The number of aryl methyl sites for hydroxylation is 2. The number of amides is 1. The van der Waals surface area contributed by atoms with Gasteiger partial charge in [-0.05, 0) is 39.0 Å². The van der Waals surface area contributed by atoms with E-state index >= 15 is 0 Å². The molecule has 1 amide bonds. The number of carbonyl (C=O) groups excluding carboxylic acids is 1. The summed E-state index contributed by atoms with van der Waals surface area (Å²) in [6, 6.07) is 0. The number of hydrogen-bond donors (Lipinski definition) is 0. The molecule has 3 heterocycles. The summed E-state index contributed by atoms with van der Waals surface area (Å²) in [5.41, 5.74) is 5.02. The van der Waals surface area contributed by atoms with Crippen LogP contribution >= 0.6 is 0 Å². The Morgan fingerprint density at radius 3 is 2.79 bits per heavy atom. The Labute approximate surface area is 142 Å². The van der Waals surface area contributed by atoms with E-state index in [9.17, 15) is 4.79 Å². The Morgan fingerprint density at radius 2 is 2.12 bits per heavy atom. The number of likely N-dealkylation sites (tertiary alicyclic amines) is 1. The number of nitrogens with zero attached hydrogens (tertiary/aromatic N) is 5. The lowest BCUT2D eigenvalue weighted by Crippen LogP contribution is -2.39. The van der Waals surface area contributed by atoms with Gasteiger partial charge in [0.15, 0.2) is 0 Å². The minimum atomic E-state index is 0.168. The zero-order valence-electron chi connectivity index (χ0n) is 14.9. The van der Waals surface area contributed by atoms with Crippen LogP contribution in [0.5, 0.6) is 0 Å². The van der Waals surface area contributed by atoms with Crippen molar-refractivity contribution in [2.75, 3.05) is 13.1 Å². The van der Waals surface area contributed by atoms with Crippen molar-refractivity contribution in [1.29, 1.82) is 0 Å². The predicted octanol–water partition coefficient (Wildman–Crippen LogP) is 2.29. The second-order valence-electron chi connectivity index (χ2n) is 6.74. The summed E-state index contributed by atoms with van der Waals surface area (Å²) < 4.78 is 1.88. The number of aromatic nitrogens is 4. The molecule has 2 aromatic rings. The molecule has 0 saturated carbocycles. The molecular weight excluding hydrogens is 302 g/mol. The van der Waals surface area contributed by atoms with Gasteiger partial charge < -0.3 is 4.90 Å². The third kappa shape index (κ3) is 3.32. The number of rotatable bonds is 3. The number of carbonyl (C=O) groups is 1. The van der Waals surface area contributed by atoms with Crippen LogP contribution in [0.1, 0.15) is 36.8 Å². The predicted molar refractivity (Wildman–Crippen MR) is 92.4 cm³/mol. The van der Waals surface area contributed by atoms with Crippen LogP contribution in [0.15, 0.2) is 12.4 Å². The highest BCUT2D eigenvalue weighted by atomic mass is 16.2. The fourth-order valence-corrected chi connectivity index (χ4v) is 3.58. The molecule has 1 aliphatic rings. The topological polar surface area (TPSA) is 63.9 Å². The molecule has 0 unspecified atom stereocenters. The van der Waals surface area contributed by atoms with E-state index in [1.807, 2.05) is 35.9 Å². The first-order chi connectivity index (χ1) is 11.5. The first kappa shape index (κ1) is 16.6. The average molecular weight is 327 g/mol. The van der Waals surface area contributed by atoms with Crippen LogP contribution in [-0.2, 0) is 18.3 Å². The Bertz CT molecular complexity index is 752. The standard InChI is InChI=1S/C18H25N5O/c1-12-18(13(2)22(4)21-12)17-10-19-9-16(20-17)8-15-6-5-7-23(11-15)14(3)24/h9-10,15H,5-8,11H2,1-4H3/t15-/m1/s1. The van der Waals surface area contributed by atoms with Crippen molar-refractivity contribution in [1.82, 2.24) is 24.6 Å². The average Bonchev–Trinajstić information content (AvgIpc) is 2.80. The molecule has 128 valence electrons. The summed E-state index contributed by atoms with van der Waals surface area (Å²) in [5, 5.41) is 4.47. The van der Waals surface area contributed by atoms with Gasteiger partial charge >= 0.3 is 0 Å². The fourth-order valence-electron chi connectivity index (χ4n) is 3.58. The highest BCUT2D eigenvalue weighted by molar-refractivity contribution is 5.73. The van der Waals surface area contributed by atoms with E-state index in [0.717, 1.165) is 60.7 Å². The largest absolute Gasteiger partial charge is 0.343 e. The van der Waals surface area contributed by atoms with E-state index in [0.29, 0.717) is 5.92 Å². The van der Waals surface area contributed by atoms with E-state index < -0.39 is 0 Å². The summed E-state index contributed by atoms with van der Waals surface area (Å²) in [7, 11) is 1.95. The van der Waals surface area contributed by atoms with Crippen LogP contribution in [0.2, 0.25) is 0 Å². The van der Waals surface area contributed by atoms with E-state index in [1.54, 1.807) is 6.92 Å². The number of piperidine rings is 1. The molecule has 24 heavy (non-hydrogen) atoms. The van der Waals surface area contributed by atoms with Crippen LogP contribution in [0, 0.1) is 19.8 Å². The van der Waals surface area contributed by atoms with Crippen molar-refractivity contribution in [3.05, 3.63) is 29.5 Å². The highest BCUT2D eigenvalue weighted by Crippen LogP contribution is 2.25. The first-order valence-corrected chi connectivity index (χ1v) is 8.52. The maximum atomic E-state index is 11.6. The molecule has 0 spiro atoms. The van der Waals surface area contributed by atoms with Gasteiger partial charge in [-0.25, -0.2) is 4.98 Å². The third-order valence-corrected chi connectivity index (χ3v) is 4.91. The number of hydrogen-bond acceptors (Lipinski definition) is 4. The van der Waals surface area contributed by atoms with Crippen molar-refractivity contribution in [2.45, 2.75) is 40.0 Å². The SMILES string of the molecule is CC(=O)N1CCC[C@H](Cc2cncc(-c3c(C)nn(C)c3C)n2)C1. The second-order valence-corrected chi connectivity index (χ2v) is 6.74. The molecule has 2 aromatic heterocycles. The lowest BCUT2D eigenvalue weighted by Gasteiger charge is -2.31. The maximum absolute atomic E-state index is 11.6. The van der Waals surface area contributed by atoms with Crippen LogP contribution in [0.4, 0.5) is 0 Å². The Morgan fingerprint density at radius 1 is 1.33 bits per heavy atom. The van der Waals surface area contributed by atoms with E-state index in [1.165, 1.54) is 0 Å². The van der Waals surface area contributed by atoms with Gasteiger partial charge in [-0.1, -0.05) is 0 Å². The fraction of sp³-hybridized carbons (Fsp3) is 0.556. The van der Waals surface area contributed by atoms with Crippen LogP contribution in [0.25, 0.3) is 11.3 Å². The van der Waals surface area contributed by atoms with E-state index in [-0.39, 0.29) is 5.91 Å². The van der Waals surface area contributed by atoms with Gasteiger partial charge in [-0.15, -0.1) is 0 Å².